The molecule has 0 spiro atoms. The Morgan fingerprint density at radius 2 is 2.05 bits per heavy atom. The zero-order valence-electron chi connectivity index (χ0n) is 12.6. The fourth-order valence-corrected chi connectivity index (χ4v) is 2.62. The predicted octanol–water partition coefficient (Wildman–Crippen LogP) is 2.81. The largest absolute Gasteiger partial charge is 0.389 e. The Morgan fingerprint density at radius 1 is 1.40 bits per heavy atom. The Hall–Kier alpha value is -1.07. The lowest BCUT2D eigenvalue weighted by Gasteiger charge is -2.26. The van der Waals surface area contributed by atoms with Crippen LogP contribution < -0.4 is 4.90 Å². The van der Waals surface area contributed by atoms with Crippen LogP contribution in [0.1, 0.15) is 31.9 Å². The molecule has 0 radical (unpaired) electrons. The zero-order valence-corrected chi connectivity index (χ0v) is 14.1. The third kappa shape index (κ3) is 4.49. The standard InChI is InChI=1S/C15H23BrN2O2/c1-5-8-18(10-15(20)17(3)4)12-6-7-13(11(2)19)14(16)9-12/h6-7,9,11,19H,5,8,10H2,1-4H3. The lowest BCUT2D eigenvalue weighted by Crippen LogP contribution is -2.37. The van der Waals surface area contributed by atoms with Crippen molar-refractivity contribution in [1.29, 1.82) is 0 Å². The third-order valence-corrected chi connectivity index (χ3v) is 3.80. The highest BCUT2D eigenvalue weighted by Crippen LogP contribution is 2.28. The Balaban J connectivity index is 2.97. The Labute approximate surface area is 129 Å². The molecular weight excluding hydrogens is 320 g/mol. The van der Waals surface area contributed by atoms with Gasteiger partial charge in [-0.3, -0.25) is 4.79 Å². The van der Waals surface area contributed by atoms with Crippen LogP contribution in [0, 0.1) is 0 Å². The monoisotopic (exact) mass is 342 g/mol. The number of nitrogens with zero attached hydrogens (tertiary/aromatic N) is 2. The van der Waals surface area contributed by atoms with Crippen LogP contribution in [0.3, 0.4) is 0 Å². The van der Waals surface area contributed by atoms with Crippen molar-refractivity contribution in [1.82, 2.24) is 4.90 Å². The van der Waals surface area contributed by atoms with Gasteiger partial charge in [0, 0.05) is 30.8 Å². The molecule has 1 aromatic carbocycles. The maximum Gasteiger partial charge on any atom is 0.241 e. The Morgan fingerprint density at radius 3 is 2.50 bits per heavy atom. The van der Waals surface area contributed by atoms with Crippen molar-refractivity contribution >= 4 is 27.5 Å². The fourth-order valence-electron chi connectivity index (χ4n) is 1.93. The number of hydrogen-bond donors (Lipinski definition) is 1. The van der Waals surface area contributed by atoms with Crippen molar-refractivity contribution in [2.75, 3.05) is 32.1 Å². The second kappa shape index (κ2) is 7.64. The lowest BCUT2D eigenvalue weighted by atomic mass is 10.1. The van der Waals surface area contributed by atoms with Crippen LogP contribution >= 0.6 is 15.9 Å². The second-order valence-corrected chi connectivity index (χ2v) is 5.95. The maximum atomic E-state index is 11.9. The topological polar surface area (TPSA) is 43.8 Å². The SMILES string of the molecule is CCCN(CC(=O)N(C)C)c1ccc(C(C)O)c(Br)c1. The molecule has 1 atom stereocenters. The minimum absolute atomic E-state index is 0.0779. The molecule has 4 nitrogen and oxygen atoms in total. The van der Waals surface area contributed by atoms with Gasteiger partial charge in [0.1, 0.15) is 0 Å². The van der Waals surface area contributed by atoms with Crippen LogP contribution in [-0.4, -0.2) is 43.1 Å². The minimum Gasteiger partial charge on any atom is -0.389 e. The predicted molar refractivity (Wildman–Crippen MR) is 86.0 cm³/mol. The first kappa shape index (κ1) is 17.0. The first-order valence-electron chi connectivity index (χ1n) is 6.79. The van der Waals surface area contributed by atoms with Crippen molar-refractivity contribution in [2.45, 2.75) is 26.4 Å². The van der Waals surface area contributed by atoms with Crippen LogP contribution in [0.25, 0.3) is 0 Å². The summed E-state index contributed by atoms with van der Waals surface area (Å²) in [4.78, 5) is 15.5. The van der Waals surface area contributed by atoms with Gasteiger partial charge >= 0.3 is 0 Å². The van der Waals surface area contributed by atoms with Gasteiger partial charge < -0.3 is 14.9 Å². The fraction of sp³-hybridized carbons (Fsp3) is 0.533. The average Bonchev–Trinajstić information content (AvgIpc) is 2.37. The van der Waals surface area contributed by atoms with Gasteiger partial charge in [0.25, 0.3) is 0 Å². The molecule has 0 aliphatic heterocycles. The molecule has 1 amide bonds. The van der Waals surface area contributed by atoms with Gasteiger partial charge in [0.2, 0.25) is 5.91 Å². The van der Waals surface area contributed by atoms with E-state index in [-0.39, 0.29) is 5.91 Å². The molecule has 0 heterocycles. The van der Waals surface area contributed by atoms with Gasteiger partial charge in [-0.1, -0.05) is 28.9 Å². The van der Waals surface area contributed by atoms with E-state index in [4.69, 9.17) is 0 Å². The number of amides is 1. The number of carbonyl (C=O) groups is 1. The third-order valence-electron chi connectivity index (χ3n) is 3.12. The number of anilines is 1. The van der Waals surface area contributed by atoms with E-state index < -0.39 is 6.10 Å². The van der Waals surface area contributed by atoms with Crippen molar-refractivity contribution in [3.63, 3.8) is 0 Å². The van der Waals surface area contributed by atoms with Gasteiger partial charge in [0.05, 0.1) is 12.6 Å². The summed E-state index contributed by atoms with van der Waals surface area (Å²) in [5, 5.41) is 9.65. The summed E-state index contributed by atoms with van der Waals surface area (Å²) < 4.78 is 0.864. The summed E-state index contributed by atoms with van der Waals surface area (Å²) in [6.07, 6.45) is 0.456. The van der Waals surface area contributed by atoms with Crippen molar-refractivity contribution in [3.8, 4) is 0 Å². The van der Waals surface area contributed by atoms with E-state index in [0.717, 1.165) is 28.7 Å². The molecule has 1 unspecified atom stereocenters. The summed E-state index contributed by atoms with van der Waals surface area (Å²) in [5.74, 6) is 0.0779. The number of likely N-dealkylation sites (N-methyl/N-ethyl adjacent to an activating group) is 1. The summed E-state index contributed by atoms with van der Waals surface area (Å²) in [7, 11) is 3.53. The van der Waals surface area contributed by atoms with Crippen molar-refractivity contribution in [2.24, 2.45) is 0 Å². The van der Waals surface area contributed by atoms with Gasteiger partial charge in [-0.15, -0.1) is 0 Å². The Bertz CT molecular complexity index is 461. The highest BCUT2D eigenvalue weighted by Gasteiger charge is 2.14. The maximum absolute atomic E-state index is 11.9. The average molecular weight is 343 g/mol. The molecule has 0 bridgehead atoms. The van der Waals surface area contributed by atoms with E-state index in [2.05, 4.69) is 27.8 Å². The number of rotatable bonds is 6. The first-order chi connectivity index (χ1) is 9.36. The van der Waals surface area contributed by atoms with Crippen molar-refractivity contribution < 1.29 is 9.90 Å². The van der Waals surface area contributed by atoms with Crippen LogP contribution in [0.4, 0.5) is 5.69 Å². The molecule has 0 saturated carbocycles. The number of carbonyl (C=O) groups excluding carboxylic acids is 1. The van der Waals surface area contributed by atoms with Gasteiger partial charge in [-0.2, -0.15) is 0 Å². The van der Waals surface area contributed by atoms with E-state index in [9.17, 15) is 9.90 Å². The van der Waals surface area contributed by atoms with E-state index in [1.165, 1.54) is 0 Å². The molecule has 112 valence electrons. The smallest absolute Gasteiger partial charge is 0.241 e. The van der Waals surface area contributed by atoms with E-state index >= 15 is 0 Å². The minimum atomic E-state index is -0.513. The van der Waals surface area contributed by atoms with Gasteiger partial charge in [-0.25, -0.2) is 0 Å². The molecule has 0 aliphatic rings. The molecule has 0 saturated heterocycles. The number of benzene rings is 1. The Kier molecular flexibility index (Phi) is 6.49. The number of aliphatic hydroxyl groups excluding tert-OH is 1. The number of aliphatic hydroxyl groups is 1. The van der Waals surface area contributed by atoms with E-state index in [1.54, 1.807) is 25.9 Å². The quantitative estimate of drug-likeness (QED) is 0.864. The molecule has 5 heteroatoms. The summed E-state index contributed by atoms with van der Waals surface area (Å²) in [6.45, 7) is 5.01. The van der Waals surface area contributed by atoms with E-state index in [1.807, 2.05) is 18.2 Å². The second-order valence-electron chi connectivity index (χ2n) is 5.09. The summed E-state index contributed by atoms with van der Waals surface area (Å²) >= 11 is 3.48. The van der Waals surface area contributed by atoms with Crippen LogP contribution in [-0.2, 0) is 4.79 Å². The summed E-state index contributed by atoms with van der Waals surface area (Å²) in [5.41, 5.74) is 1.84. The molecule has 1 aromatic rings. The molecule has 0 aromatic heterocycles. The first-order valence-corrected chi connectivity index (χ1v) is 7.58. The number of halogens is 1. The molecule has 1 rings (SSSR count). The van der Waals surface area contributed by atoms with E-state index in [0.29, 0.717) is 6.54 Å². The lowest BCUT2D eigenvalue weighted by molar-refractivity contribution is -0.127. The van der Waals surface area contributed by atoms with Crippen LogP contribution in [0.2, 0.25) is 0 Å². The molecule has 20 heavy (non-hydrogen) atoms. The molecular formula is C15H23BrN2O2. The normalized spacial score (nSPS) is 12.1. The van der Waals surface area contributed by atoms with Gasteiger partial charge in [0.15, 0.2) is 0 Å². The molecule has 0 aliphatic carbocycles. The van der Waals surface area contributed by atoms with Crippen LogP contribution in [0.15, 0.2) is 22.7 Å². The number of hydrogen-bond acceptors (Lipinski definition) is 3. The summed E-state index contributed by atoms with van der Waals surface area (Å²) in [6, 6.07) is 5.80. The van der Waals surface area contributed by atoms with Crippen LogP contribution in [0.5, 0.6) is 0 Å². The highest BCUT2D eigenvalue weighted by atomic mass is 79.9. The molecule has 0 fully saturated rings. The molecule has 1 N–H and O–H groups in total. The highest BCUT2D eigenvalue weighted by molar-refractivity contribution is 9.10. The zero-order chi connectivity index (χ0) is 15.3. The van der Waals surface area contributed by atoms with Crippen molar-refractivity contribution in [3.05, 3.63) is 28.2 Å². The van der Waals surface area contributed by atoms with Gasteiger partial charge in [-0.05, 0) is 31.0 Å².